The maximum atomic E-state index is 12.9. The fraction of sp³-hybridized carbons (Fsp3) is 0.222. The monoisotopic (exact) mass is 390 g/mol. The van der Waals surface area contributed by atoms with Crippen LogP contribution in [0.4, 0.5) is 10.1 Å². The van der Waals surface area contributed by atoms with E-state index in [4.69, 9.17) is 0 Å². The van der Waals surface area contributed by atoms with Gasteiger partial charge in [0, 0.05) is 4.47 Å². The Kier molecular flexibility index (Phi) is 5.06. The largest absolute Gasteiger partial charge is 0.305 e. The van der Waals surface area contributed by atoms with Gasteiger partial charge in [-0.05, 0) is 54.9 Å². The van der Waals surface area contributed by atoms with Crippen LogP contribution in [-0.4, -0.2) is 24.4 Å². The van der Waals surface area contributed by atoms with Crippen molar-refractivity contribution in [3.05, 3.63) is 64.4 Å². The first kappa shape index (κ1) is 16.8. The van der Waals surface area contributed by atoms with Crippen molar-refractivity contribution >= 4 is 33.4 Å². The van der Waals surface area contributed by atoms with E-state index in [0.717, 1.165) is 10.0 Å². The summed E-state index contributed by atoms with van der Waals surface area (Å²) in [6.07, 6.45) is 0.814. The summed E-state index contributed by atoms with van der Waals surface area (Å²) in [7, 11) is 0. The first-order valence-corrected chi connectivity index (χ1v) is 8.44. The van der Waals surface area contributed by atoms with E-state index in [9.17, 15) is 14.0 Å². The van der Waals surface area contributed by atoms with Crippen LogP contribution in [0.25, 0.3) is 0 Å². The van der Waals surface area contributed by atoms with Gasteiger partial charge < -0.3 is 5.32 Å². The van der Waals surface area contributed by atoms with Gasteiger partial charge in [0.15, 0.2) is 0 Å². The fourth-order valence-electron chi connectivity index (χ4n) is 2.69. The third-order valence-corrected chi connectivity index (χ3v) is 4.48. The third-order valence-electron chi connectivity index (χ3n) is 3.95. The van der Waals surface area contributed by atoms with Crippen molar-refractivity contribution in [2.24, 2.45) is 0 Å². The SMILES string of the molecule is O=C1CC(NCCc2ccc(F)cc2)C(=O)N1c1ccc(Br)cc1. The molecule has 1 N–H and O–H groups in total. The van der Waals surface area contributed by atoms with Crippen LogP contribution < -0.4 is 10.2 Å². The Hall–Kier alpha value is -2.05. The molecule has 1 saturated heterocycles. The summed E-state index contributed by atoms with van der Waals surface area (Å²) in [4.78, 5) is 25.9. The highest BCUT2D eigenvalue weighted by Gasteiger charge is 2.39. The average Bonchev–Trinajstić information content (AvgIpc) is 2.85. The zero-order chi connectivity index (χ0) is 17.1. The predicted octanol–water partition coefficient (Wildman–Crippen LogP) is 3.05. The van der Waals surface area contributed by atoms with Crippen molar-refractivity contribution in [3.63, 3.8) is 0 Å². The number of hydrogen-bond donors (Lipinski definition) is 1. The highest BCUT2D eigenvalue weighted by molar-refractivity contribution is 9.10. The van der Waals surface area contributed by atoms with E-state index in [1.165, 1.54) is 17.0 Å². The quantitative estimate of drug-likeness (QED) is 0.798. The van der Waals surface area contributed by atoms with E-state index < -0.39 is 6.04 Å². The Morgan fingerprint density at radius 3 is 2.42 bits per heavy atom. The summed E-state index contributed by atoms with van der Waals surface area (Å²) in [5.74, 6) is -0.712. The van der Waals surface area contributed by atoms with Crippen LogP contribution in [0, 0.1) is 5.82 Å². The number of hydrogen-bond acceptors (Lipinski definition) is 3. The van der Waals surface area contributed by atoms with Gasteiger partial charge in [-0.15, -0.1) is 0 Å². The van der Waals surface area contributed by atoms with Gasteiger partial charge in [-0.3, -0.25) is 9.59 Å². The second-order valence-electron chi connectivity index (χ2n) is 5.63. The molecule has 2 amide bonds. The summed E-state index contributed by atoms with van der Waals surface area (Å²) in [6.45, 7) is 0.545. The van der Waals surface area contributed by atoms with E-state index in [2.05, 4.69) is 21.2 Å². The minimum Gasteiger partial charge on any atom is -0.305 e. The van der Waals surface area contributed by atoms with Crippen molar-refractivity contribution in [1.29, 1.82) is 0 Å². The van der Waals surface area contributed by atoms with Crippen molar-refractivity contribution in [2.45, 2.75) is 18.9 Å². The molecule has 24 heavy (non-hydrogen) atoms. The Labute approximate surface area is 147 Å². The molecule has 1 fully saturated rings. The lowest BCUT2D eigenvalue weighted by molar-refractivity contribution is -0.121. The average molecular weight is 391 g/mol. The molecule has 0 saturated carbocycles. The van der Waals surface area contributed by atoms with E-state index in [0.29, 0.717) is 18.7 Å². The summed E-state index contributed by atoms with van der Waals surface area (Å²) >= 11 is 3.33. The van der Waals surface area contributed by atoms with Gasteiger partial charge in [-0.2, -0.15) is 0 Å². The zero-order valence-corrected chi connectivity index (χ0v) is 14.4. The van der Waals surface area contributed by atoms with Gasteiger partial charge in [-0.1, -0.05) is 28.1 Å². The van der Waals surface area contributed by atoms with Crippen LogP contribution >= 0.6 is 15.9 Å². The third kappa shape index (κ3) is 3.71. The number of carbonyl (C=O) groups excluding carboxylic acids is 2. The van der Waals surface area contributed by atoms with Gasteiger partial charge in [0.2, 0.25) is 5.91 Å². The maximum absolute atomic E-state index is 12.9. The molecule has 0 aromatic heterocycles. The maximum Gasteiger partial charge on any atom is 0.251 e. The molecule has 1 unspecified atom stereocenters. The molecule has 0 bridgehead atoms. The lowest BCUT2D eigenvalue weighted by Gasteiger charge is -2.15. The first-order valence-electron chi connectivity index (χ1n) is 7.65. The summed E-state index contributed by atoms with van der Waals surface area (Å²) in [6, 6.07) is 12.8. The topological polar surface area (TPSA) is 49.4 Å². The highest BCUT2D eigenvalue weighted by atomic mass is 79.9. The predicted molar refractivity (Wildman–Crippen MR) is 93.1 cm³/mol. The minimum atomic E-state index is -0.512. The lowest BCUT2D eigenvalue weighted by atomic mass is 10.1. The molecule has 0 radical (unpaired) electrons. The van der Waals surface area contributed by atoms with Crippen LogP contribution in [0.2, 0.25) is 0 Å². The second-order valence-corrected chi connectivity index (χ2v) is 6.55. The normalized spacial score (nSPS) is 17.6. The molecule has 124 valence electrons. The number of nitrogens with one attached hydrogen (secondary N) is 1. The Balaban J connectivity index is 1.59. The summed E-state index contributed by atoms with van der Waals surface area (Å²) in [5.41, 5.74) is 1.56. The van der Waals surface area contributed by atoms with Crippen molar-refractivity contribution in [3.8, 4) is 0 Å². The molecule has 2 aromatic carbocycles. The summed E-state index contributed by atoms with van der Waals surface area (Å²) in [5, 5.41) is 3.12. The molecule has 2 aromatic rings. The fourth-order valence-corrected chi connectivity index (χ4v) is 2.96. The molecule has 0 aliphatic carbocycles. The number of rotatable bonds is 5. The van der Waals surface area contributed by atoms with Gasteiger partial charge in [-0.25, -0.2) is 9.29 Å². The Morgan fingerprint density at radius 1 is 1.08 bits per heavy atom. The minimum absolute atomic E-state index is 0.151. The van der Waals surface area contributed by atoms with Crippen molar-refractivity contribution < 1.29 is 14.0 Å². The van der Waals surface area contributed by atoms with Crippen LogP contribution in [-0.2, 0) is 16.0 Å². The second kappa shape index (κ2) is 7.23. The van der Waals surface area contributed by atoms with E-state index in [-0.39, 0.29) is 24.1 Å². The van der Waals surface area contributed by atoms with E-state index in [1.807, 2.05) is 0 Å². The van der Waals surface area contributed by atoms with Crippen LogP contribution in [0.15, 0.2) is 53.0 Å². The van der Waals surface area contributed by atoms with E-state index in [1.54, 1.807) is 36.4 Å². The zero-order valence-electron chi connectivity index (χ0n) is 12.8. The van der Waals surface area contributed by atoms with E-state index >= 15 is 0 Å². The van der Waals surface area contributed by atoms with Crippen molar-refractivity contribution in [1.82, 2.24) is 5.32 Å². The van der Waals surface area contributed by atoms with Gasteiger partial charge in [0.25, 0.3) is 5.91 Å². The van der Waals surface area contributed by atoms with Crippen LogP contribution in [0.1, 0.15) is 12.0 Å². The number of carbonyl (C=O) groups is 2. The number of halogens is 2. The van der Waals surface area contributed by atoms with Gasteiger partial charge in [0.1, 0.15) is 5.82 Å². The van der Waals surface area contributed by atoms with Crippen LogP contribution in [0.3, 0.4) is 0 Å². The molecule has 0 spiro atoms. The molecule has 6 heteroatoms. The molecular formula is C18H16BrFN2O2. The molecule has 1 aliphatic rings. The number of nitrogens with zero attached hydrogens (tertiary/aromatic N) is 1. The lowest BCUT2D eigenvalue weighted by Crippen LogP contribution is -2.39. The smallest absolute Gasteiger partial charge is 0.251 e. The number of benzene rings is 2. The molecule has 1 heterocycles. The first-order chi connectivity index (χ1) is 11.5. The van der Waals surface area contributed by atoms with Crippen LogP contribution in [0.5, 0.6) is 0 Å². The Morgan fingerprint density at radius 2 is 1.75 bits per heavy atom. The number of anilines is 1. The number of imide groups is 1. The standard InChI is InChI=1S/C18H16BrFN2O2/c19-13-3-7-15(8-4-13)22-17(23)11-16(18(22)24)21-10-9-12-1-5-14(20)6-2-12/h1-8,16,21H,9-11H2. The summed E-state index contributed by atoms with van der Waals surface area (Å²) < 4.78 is 13.8. The highest BCUT2D eigenvalue weighted by Crippen LogP contribution is 2.24. The number of amides is 2. The Bertz CT molecular complexity index is 747. The van der Waals surface area contributed by atoms with Gasteiger partial charge in [0.05, 0.1) is 18.2 Å². The van der Waals surface area contributed by atoms with Gasteiger partial charge >= 0.3 is 0 Å². The molecule has 1 aliphatic heterocycles. The van der Waals surface area contributed by atoms with Crippen molar-refractivity contribution in [2.75, 3.05) is 11.4 Å². The molecular weight excluding hydrogens is 375 g/mol. The molecule has 4 nitrogen and oxygen atoms in total. The molecule has 1 atom stereocenters. The molecule has 3 rings (SSSR count).